The molecule has 0 N–H and O–H groups in total. The van der Waals surface area contributed by atoms with Gasteiger partial charge in [-0.1, -0.05) is 27.7 Å². The van der Waals surface area contributed by atoms with Crippen LogP contribution >= 0.6 is 11.3 Å². The number of esters is 1. The minimum Gasteiger partial charge on any atom is -0.458 e. The second-order valence-electron chi connectivity index (χ2n) is 6.41. The van der Waals surface area contributed by atoms with Crippen molar-refractivity contribution in [1.82, 2.24) is 4.98 Å². The van der Waals surface area contributed by atoms with Gasteiger partial charge in [-0.25, -0.2) is 4.98 Å². The molecule has 1 aromatic rings. The number of Topliss-reactive ketones (excluding diaryl/α,β-unsaturated/α-hetero) is 1. The van der Waals surface area contributed by atoms with Crippen molar-refractivity contribution in [2.24, 2.45) is 5.92 Å². The summed E-state index contributed by atoms with van der Waals surface area (Å²) in [4.78, 5) is 28.0. The average molecular weight is 309 g/mol. The van der Waals surface area contributed by atoms with E-state index < -0.39 is 5.60 Å². The number of carbonyl (C=O) groups is 2. The van der Waals surface area contributed by atoms with Crippen molar-refractivity contribution in [1.29, 1.82) is 0 Å². The zero-order valence-corrected chi connectivity index (χ0v) is 14.0. The van der Waals surface area contributed by atoms with Gasteiger partial charge in [-0.15, -0.1) is 11.3 Å². The summed E-state index contributed by atoms with van der Waals surface area (Å²) in [5.74, 6) is 0.141. The Labute approximate surface area is 129 Å². The van der Waals surface area contributed by atoms with Crippen LogP contribution in [0.2, 0.25) is 0 Å². The van der Waals surface area contributed by atoms with Gasteiger partial charge in [0, 0.05) is 18.2 Å². The fraction of sp³-hybridized carbons (Fsp3) is 0.688. The number of hydrogen-bond donors (Lipinski definition) is 0. The number of aryl methyl sites for hydroxylation is 1. The summed E-state index contributed by atoms with van der Waals surface area (Å²) in [5.41, 5.74) is 0.445. The maximum absolute atomic E-state index is 11.8. The van der Waals surface area contributed by atoms with Crippen LogP contribution in [-0.2, 0) is 20.7 Å². The van der Waals surface area contributed by atoms with Crippen LogP contribution in [-0.4, -0.2) is 22.3 Å². The first-order valence-corrected chi connectivity index (χ1v) is 8.38. The Morgan fingerprint density at radius 1 is 1.33 bits per heavy atom. The van der Waals surface area contributed by atoms with E-state index >= 15 is 0 Å². The van der Waals surface area contributed by atoms with Crippen molar-refractivity contribution in [3.05, 3.63) is 16.1 Å². The number of nitrogens with zero attached hydrogens (tertiary/aromatic N) is 1. The van der Waals surface area contributed by atoms with Crippen LogP contribution in [0.1, 0.15) is 63.6 Å². The van der Waals surface area contributed by atoms with Gasteiger partial charge in [0.2, 0.25) is 0 Å². The highest BCUT2D eigenvalue weighted by Gasteiger charge is 2.43. The van der Waals surface area contributed by atoms with E-state index in [1.54, 1.807) is 11.3 Å². The van der Waals surface area contributed by atoms with E-state index in [1.807, 2.05) is 13.8 Å². The molecule has 0 saturated carbocycles. The van der Waals surface area contributed by atoms with Gasteiger partial charge in [-0.3, -0.25) is 9.59 Å². The third-order valence-corrected chi connectivity index (χ3v) is 5.06. The van der Waals surface area contributed by atoms with Crippen LogP contribution in [0.3, 0.4) is 0 Å². The lowest BCUT2D eigenvalue weighted by atomic mass is 9.79. The molecule has 0 spiro atoms. The van der Waals surface area contributed by atoms with Gasteiger partial charge < -0.3 is 4.74 Å². The molecular weight excluding hydrogens is 286 g/mol. The summed E-state index contributed by atoms with van der Waals surface area (Å²) in [7, 11) is 0. The molecule has 0 bridgehead atoms. The minimum atomic E-state index is -0.657. The van der Waals surface area contributed by atoms with Crippen molar-refractivity contribution < 1.29 is 14.3 Å². The monoisotopic (exact) mass is 309 g/mol. The predicted octanol–water partition coefficient (Wildman–Crippen LogP) is 3.50. The van der Waals surface area contributed by atoms with Gasteiger partial charge in [0.1, 0.15) is 17.8 Å². The van der Waals surface area contributed by atoms with Crippen LogP contribution in [0.25, 0.3) is 0 Å². The highest BCUT2D eigenvalue weighted by molar-refractivity contribution is 7.09. The molecule has 2 heterocycles. The van der Waals surface area contributed by atoms with Gasteiger partial charge in [0.25, 0.3) is 0 Å². The summed E-state index contributed by atoms with van der Waals surface area (Å²) in [6.07, 6.45) is 1.66. The fourth-order valence-electron chi connectivity index (χ4n) is 2.63. The molecule has 0 aromatic carbocycles. The van der Waals surface area contributed by atoms with E-state index in [0.717, 1.165) is 17.1 Å². The van der Waals surface area contributed by atoms with Crippen molar-refractivity contribution in [2.45, 2.75) is 64.9 Å². The zero-order valence-electron chi connectivity index (χ0n) is 13.1. The van der Waals surface area contributed by atoms with Crippen molar-refractivity contribution in [2.75, 3.05) is 0 Å². The van der Waals surface area contributed by atoms with E-state index in [0.29, 0.717) is 18.8 Å². The maximum Gasteiger partial charge on any atom is 0.313 e. The molecule has 1 atom stereocenters. The molecule has 2 rings (SSSR count). The van der Waals surface area contributed by atoms with Crippen LogP contribution in [0.4, 0.5) is 0 Å². The standard InChI is InChI=1S/C16H23NO3S/c1-10(2)13-9-21-14(17-13)5-6-16(11(3)4)8-12(18)7-15(19)20-16/h9-11H,5-8H2,1-4H3. The highest BCUT2D eigenvalue weighted by atomic mass is 32.1. The van der Waals surface area contributed by atoms with Crippen LogP contribution < -0.4 is 0 Å². The predicted molar refractivity (Wildman–Crippen MR) is 82.4 cm³/mol. The van der Waals surface area contributed by atoms with Gasteiger partial charge in [0.15, 0.2) is 0 Å². The number of thiazole rings is 1. The average Bonchev–Trinajstić information content (AvgIpc) is 2.84. The summed E-state index contributed by atoms with van der Waals surface area (Å²) in [5, 5.41) is 3.13. The number of aromatic nitrogens is 1. The number of cyclic esters (lactones) is 1. The largest absolute Gasteiger partial charge is 0.458 e. The first kappa shape index (κ1) is 16.1. The quantitative estimate of drug-likeness (QED) is 0.617. The Morgan fingerprint density at radius 3 is 2.57 bits per heavy atom. The Balaban J connectivity index is 2.09. The Hall–Kier alpha value is -1.23. The van der Waals surface area contributed by atoms with Crippen molar-refractivity contribution in [3.63, 3.8) is 0 Å². The molecule has 1 saturated heterocycles. The summed E-state index contributed by atoms with van der Waals surface area (Å²) >= 11 is 1.64. The van der Waals surface area contributed by atoms with E-state index in [4.69, 9.17) is 4.74 Å². The van der Waals surface area contributed by atoms with E-state index in [1.165, 1.54) is 0 Å². The van der Waals surface area contributed by atoms with Gasteiger partial charge in [0.05, 0.1) is 10.7 Å². The Kier molecular flexibility index (Phi) is 4.81. The van der Waals surface area contributed by atoms with Crippen LogP contribution in [0.5, 0.6) is 0 Å². The first-order valence-electron chi connectivity index (χ1n) is 7.50. The smallest absolute Gasteiger partial charge is 0.313 e. The molecule has 0 amide bonds. The zero-order chi connectivity index (χ0) is 15.6. The first-order chi connectivity index (χ1) is 9.82. The fourth-order valence-corrected chi connectivity index (χ4v) is 3.59. The third-order valence-electron chi connectivity index (χ3n) is 4.13. The summed E-state index contributed by atoms with van der Waals surface area (Å²) in [6.45, 7) is 8.26. The van der Waals surface area contributed by atoms with Gasteiger partial charge in [-0.05, 0) is 18.3 Å². The molecule has 116 valence electrons. The highest BCUT2D eigenvalue weighted by Crippen LogP contribution is 2.36. The normalized spacial score (nSPS) is 23.0. The molecule has 0 aliphatic carbocycles. The maximum atomic E-state index is 11.8. The van der Waals surface area contributed by atoms with Crippen molar-refractivity contribution in [3.8, 4) is 0 Å². The lowest BCUT2D eigenvalue weighted by molar-refractivity contribution is -0.177. The SMILES string of the molecule is CC(C)c1csc(CCC2(C(C)C)CC(=O)CC(=O)O2)n1. The van der Waals surface area contributed by atoms with E-state index in [9.17, 15) is 9.59 Å². The van der Waals surface area contributed by atoms with Gasteiger partial charge in [-0.2, -0.15) is 0 Å². The molecule has 5 heteroatoms. The summed E-state index contributed by atoms with van der Waals surface area (Å²) in [6, 6.07) is 0. The molecular formula is C16H23NO3S. The number of rotatable bonds is 5. The molecule has 1 aromatic heterocycles. The molecule has 1 unspecified atom stereocenters. The van der Waals surface area contributed by atoms with Crippen molar-refractivity contribution >= 4 is 23.1 Å². The Bertz CT molecular complexity index is 517. The summed E-state index contributed by atoms with van der Waals surface area (Å²) < 4.78 is 5.60. The second kappa shape index (κ2) is 6.26. The topological polar surface area (TPSA) is 56.3 Å². The van der Waals surface area contributed by atoms with Crippen LogP contribution in [0, 0.1) is 5.92 Å². The number of ether oxygens (including phenoxy) is 1. The third kappa shape index (κ3) is 3.70. The minimum absolute atomic E-state index is 0.0121. The molecule has 1 fully saturated rings. The lowest BCUT2D eigenvalue weighted by Crippen LogP contribution is -2.47. The molecule has 0 radical (unpaired) electrons. The van der Waals surface area contributed by atoms with Gasteiger partial charge >= 0.3 is 5.97 Å². The van der Waals surface area contributed by atoms with E-state index in [-0.39, 0.29) is 24.1 Å². The molecule has 1 aliphatic heterocycles. The number of ketones is 1. The second-order valence-corrected chi connectivity index (χ2v) is 7.35. The molecule has 4 nitrogen and oxygen atoms in total. The molecule has 21 heavy (non-hydrogen) atoms. The van der Waals surface area contributed by atoms with Crippen LogP contribution in [0.15, 0.2) is 5.38 Å². The number of carbonyl (C=O) groups excluding carboxylic acids is 2. The lowest BCUT2D eigenvalue weighted by Gasteiger charge is -2.39. The van der Waals surface area contributed by atoms with E-state index in [2.05, 4.69) is 24.2 Å². The molecule has 1 aliphatic rings. The Morgan fingerprint density at radius 2 is 2.05 bits per heavy atom. The number of hydrogen-bond acceptors (Lipinski definition) is 5.